The topological polar surface area (TPSA) is 61.8 Å². The molecule has 1 fully saturated rings. The van der Waals surface area contributed by atoms with Gasteiger partial charge in [0, 0.05) is 23.7 Å². The van der Waals surface area contributed by atoms with Crippen LogP contribution in [0.5, 0.6) is 0 Å². The Kier molecular flexibility index (Phi) is 8.01. The molecule has 1 aliphatic heterocycles. The normalized spacial score (nSPS) is 17.3. The van der Waals surface area contributed by atoms with Gasteiger partial charge in [0.15, 0.2) is 5.17 Å². The molecule has 1 heterocycles. The second-order valence-corrected chi connectivity index (χ2v) is 9.64. The summed E-state index contributed by atoms with van der Waals surface area (Å²) in [5.74, 6) is -0.753. The number of hydrogen-bond donors (Lipinski definition) is 1. The van der Waals surface area contributed by atoms with Gasteiger partial charge in [-0.1, -0.05) is 65.8 Å². The lowest BCUT2D eigenvalue weighted by molar-refractivity contribution is -0.137. The second kappa shape index (κ2) is 11.2. The number of thioether (sulfide) groups is 1. The zero-order valence-corrected chi connectivity index (χ0v) is 20.4. The van der Waals surface area contributed by atoms with E-state index in [1.165, 1.54) is 17.0 Å². The highest BCUT2D eigenvalue weighted by molar-refractivity contribution is 8.15. The summed E-state index contributed by atoms with van der Waals surface area (Å²) < 4.78 is 39.6. The molecule has 36 heavy (non-hydrogen) atoms. The van der Waals surface area contributed by atoms with E-state index >= 15 is 0 Å². The van der Waals surface area contributed by atoms with Crippen molar-refractivity contribution < 1.29 is 22.8 Å². The predicted octanol–water partition coefficient (Wildman–Crippen LogP) is 6.56. The summed E-state index contributed by atoms with van der Waals surface area (Å²) in [4.78, 5) is 31.9. The van der Waals surface area contributed by atoms with Crippen molar-refractivity contribution in [3.8, 4) is 0 Å². The van der Waals surface area contributed by atoms with Crippen LogP contribution >= 0.6 is 23.4 Å². The molecule has 2 amide bonds. The summed E-state index contributed by atoms with van der Waals surface area (Å²) in [7, 11) is 0. The molecule has 1 unspecified atom stereocenters. The zero-order chi connectivity index (χ0) is 25.7. The predicted molar refractivity (Wildman–Crippen MR) is 136 cm³/mol. The molecule has 3 aromatic rings. The first-order valence-electron chi connectivity index (χ1n) is 11.0. The fourth-order valence-corrected chi connectivity index (χ4v) is 4.91. The van der Waals surface area contributed by atoms with Crippen LogP contribution in [0.2, 0.25) is 5.02 Å². The average molecular weight is 532 g/mol. The maximum atomic E-state index is 13.2. The van der Waals surface area contributed by atoms with Crippen LogP contribution < -0.4 is 5.32 Å². The highest BCUT2D eigenvalue weighted by Gasteiger charge is 2.36. The van der Waals surface area contributed by atoms with E-state index in [2.05, 4.69) is 10.3 Å². The number of amidine groups is 1. The zero-order valence-electron chi connectivity index (χ0n) is 18.8. The van der Waals surface area contributed by atoms with Crippen LogP contribution in [0, 0.1) is 0 Å². The number of amides is 2. The van der Waals surface area contributed by atoms with E-state index in [1.54, 1.807) is 24.3 Å². The molecular weight excluding hydrogens is 511 g/mol. The van der Waals surface area contributed by atoms with Crippen LogP contribution in [0.15, 0.2) is 83.9 Å². The number of benzene rings is 3. The minimum absolute atomic E-state index is 0.0423. The maximum Gasteiger partial charge on any atom is 0.416 e. The van der Waals surface area contributed by atoms with Gasteiger partial charge in [-0.25, -0.2) is 4.99 Å². The Labute approximate surface area is 215 Å². The lowest BCUT2D eigenvalue weighted by Gasteiger charge is -2.32. The van der Waals surface area contributed by atoms with Gasteiger partial charge >= 0.3 is 6.18 Å². The largest absolute Gasteiger partial charge is 0.416 e. The molecule has 186 valence electrons. The standard InChI is InChI=1S/C26H21ClF3N3O2S/c27-19-9-5-11-21(15-19)31-24(35)22-16-23(34)33(13-12-17-6-2-1-3-7-17)25(36-22)32-20-10-4-8-18(14-20)26(28,29)30/h1-11,14-15,22H,12-13,16H2,(H,31,35). The van der Waals surface area contributed by atoms with Gasteiger partial charge < -0.3 is 5.32 Å². The quantitative estimate of drug-likeness (QED) is 0.392. The number of hydrogen-bond acceptors (Lipinski definition) is 4. The SMILES string of the molecule is O=C(Nc1cccc(Cl)c1)C1CC(=O)N(CCc2ccccc2)C(=Nc2cccc(C(F)(F)F)c2)S1. The number of carbonyl (C=O) groups excluding carboxylic acids is 2. The fourth-order valence-electron chi connectivity index (χ4n) is 3.60. The summed E-state index contributed by atoms with van der Waals surface area (Å²) >= 11 is 7.03. The third-order valence-corrected chi connectivity index (χ3v) is 6.81. The monoisotopic (exact) mass is 531 g/mol. The van der Waals surface area contributed by atoms with Crippen molar-refractivity contribution in [3.05, 3.63) is 95.0 Å². The van der Waals surface area contributed by atoms with E-state index in [0.29, 0.717) is 17.1 Å². The number of nitrogens with one attached hydrogen (secondary N) is 1. The van der Waals surface area contributed by atoms with Gasteiger partial charge in [0.25, 0.3) is 0 Å². The molecule has 1 aliphatic rings. The minimum Gasteiger partial charge on any atom is -0.325 e. The van der Waals surface area contributed by atoms with Crippen molar-refractivity contribution in [2.75, 3.05) is 11.9 Å². The number of anilines is 1. The van der Waals surface area contributed by atoms with Gasteiger partial charge in [-0.05, 0) is 48.4 Å². The molecule has 5 nitrogen and oxygen atoms in total. The smallest absolute Gasteiger partial charge is 0.325 e. The van der Waals surface area contributed by atoms with E-state index in [-0.39, 0.29) is 29.7 Å². The molecule has 0 radical (unpaired) electrons. The van der Waals surface area contributed by atoms with Crippen molar-refractivity contribution in [3.63, 3.8) is 0 Å². The van der Waals surface area contributed by atoms with Gasteiger partial charge in [0.2, 0.25) is 11.8 Å². The Bertz CT molecular complexity index is 1280. The van der Waals surface area contributed by atoms with Crippen LogP contribution in [-0.4, -0.2) is 33.7 Å². The van der Waals surface area contributed by atoms with Gasteiger partial charge in [-0.2, -0.15) is 13.2 Å². The molecule has 4 rings (SSSR count). The highest BCUT2D eigenvalue weighted by atomic mass is 35.5. The summed E-state index contributed by atoms with van der Waals surface area (Å²) in [6.45, 7) is 0.274. The number of alkyl halides is 3. The lowest BCUT2D eigenvalue weighted by Crippen LogP contribution is -2.46. The van der Waals surface area contributed by atoms with Crippen LogP contribution in [0.1, 0.15) is 17.5 Å². The van der Waals surface area contributed by atoms with Crippen LogP contribution in [0.3, 0.4) is 0 Å². The van der Waals surface area contributed by atoms with Crippen molar-refractivity contribution in [1.29, 1.82) is 0 Å². The van der Waals surface area contributed by atoms with Crippen molar-refractivity contribution in [2.24, 2.45) is 4.99 Å². The van der Waals surface area contributed by atoms with E-state index in [4.69, 9.17) is 11.6 Å². The van der Waals surface area contributed by atoms with Crippen molar-refractivity contribution >= 4 is 51.7 Å². The molecule has 3 aromatic carbocycles. The van der Waals surface area contributed by atoms with E-state index < -0.39 is 22.9 Å². The third kappa shape index (κ3) is 6.67. The molecule has 1 saturated heterocycles. The van der Waals surface area contributed by atoms with Crippen LogP contribution in [-0.2, 0) is 22.2 Å². The first-order chi connectivity index (χ1) is 17.2. The minimum atomic E-state index is -4.53. The van der Waals surface area contributed by atoms with E-state index in [9.17, 15) is 22.8 Å². The lowest BCUT2D eigenvalue weighted by atomic mass is 10.1. The van der Waals surface area contributed by atoms with Gasteiger partial charge in [-0.3, -0.25) is 14.5 Å². The molecule has 0 saturated carbocycles. The molecule has 1 N–H and O–H groups in total. The molecule has 0 aliphatic carbocycles. The Morgan fingerprint density at radius 1 is 1.06 bits per heavy atom. The number of halogens is 4. The summed E-state index contributed by atoms with van der Waals surface area (Å²) in [6.07, 6.45) is -4.08. The summed E-state index contributed by atoms with van der Waals surface area (Å²) in [5.41, 5.74) is 0.668. The second-order valence-electron chi connectivity index (χ2n) is 8.03. The third-order valence-electron chi connectivity index (χ3n) is 5.39. The van der Waals surface area contributed by atoms with Gasteiger partial charge in [-0.15, -0.1) is 0 Å². The number of carbonyl (C=O) groups is 2. The molecular formula is C26H21ClF3N3O2S. The number of nitrogens with zero attached hydrogens (tertiary/aromatic N) is 2. The highest BCUT2D eigenvalue weighted by Crippen LogP contribution is 2.34. The average Bonchev–Trinajstić information content (AvgIpc) is 2.84. The maximum absolute atomic E-state index is 13.2. The first kappa shape index (κ1) is 25.8. The Balaban J connectivity index is 1.60. The van der Waals surface area contributed by atoms with Crippen LogP contribution in [0.4, 0.5) is 24.5 Å². The molecule has 1 atom stereocenters. The molecule has 0 bridgehead atoms. The van der Waals surface area contributed by atoms with E-state index in [1.807, 2.05) is 30.3 Å². The fraction of sp³-hybridized carbons (Fsp3) is 0.192. The Morgan fingerprint density at radius 2 is 1.81 bits per heavy atom. The van der Waals surface area contributed by atoms with Crippen molar-refractivity contribution in [2.45, 2.75) is 24.3 Å². The first-order valence-corrected chi connectivity index (χ1v) is 12.3. The number of aliphatic imine (C=N–C) groups is 1. The van der Waals surface area contributed by atoms with Crippen LogP contribution in [0.25, 0.3) is 0 Å². The van der Waals surface area contributed by atoms with Crippen molar-refractivity contribution in [1.82, 2.24) is 4.90 Å². The molecule has 0 spiro atoms. The van der Waals surface area contributed by atoms with Gasteiger partial charge in [0.1, 0.15) is 5.25 Å². The molecule has 0 aromatic heterocycles. The summed E-state index contributed by atoms with van der Waals surface area (Å²) in [5, 5.41) is 2.55. The van der Waals surface area contributed by atoms with Gasteiger partial charge in [0.05, 0.1) is 11.3 Å². The Hall–Kier alpha value is -3.30. The van der Waals surface area contributed by atoms with E-state index in [0.717, 1.165) is 29.5 Å². The number of rotatable bonds is 6. The Morgan fingerprint density at radius 3 is 2.53 bits per heavy atom. The summed E-state index contributed by atoms with van der Waals surface area (Å²) in [6, 6.07) is 20.7. The molecule has 10 heteroatoms.